The third-order valence-electron chi connectivity index (χ3n) is 3.45. The van der Waals surface area contributed by atoms with Gasteiger partial charge in [-0.05, 0) is 38.4 Å². The zero-order valence-corrected chi connectivity index (χ0v) is 10.9. The monoisotopic (exact) mass is 259 g/mol. The zero-order valence-electron chi connectivity index (χ0n) is 10.9. The van der Waals surface area contributed by atoms with Gasteiger partial charge in [0.1, 0.15) is 5.82 Å². The topological polar surface area (TPSA) is 81.1 Å². The zero-order chi connectivity index (χ0) is 13.2. The molecule has 6 nitrogen and oxygen atoms in total. The predicted molar refractivity (Wildman–Crippen MR) is 70.1 cm³/mol. The highest BCUT2D eigenvalue weighted by Gasteiger charge is 2.28. The van der Waals surface area contributed by atoms with Gasteiger partial charge in [0.15, 0.2) is 5.76 Å². The molecule has 0 amide bonds. The molecule has 3 heterocycles. The van der Waals surface area contributed by atoms with Crippen LogP contribution in [0.4, 0.5) is 5.82 Å². The Bertz CT molecular complexity index is 550. The van der Waals surface area contributed by atoms with E-state index in [1.54, 1.807) is 6.07 Å². The fourth-order valence-electron chi connectivity index (χ4n) is 2.57. The lowest BCUT2D eigenvalue weighted by Gasteiger charge is -2.22. The second kappa shape index (κ2) is 4.97. The molecule has 1 atom stereocenters. The molecule has 0 aliphatic carbocycles. The average Bonchev–Trinajstić information content (AvgIpc) is 3.00. The van der Waals surface area contributed by atoms with Gasteiger partial charge >= 0.3 is 0 Å². The fourth-order valence-corrected chi connectivity index (χ4v) is 2.57. The largest absolute Gasteiger partial charge is 0.382 e. The molecule has 2 aromatic heterocycles. The average molecular weight is 259 g/mol. The van der Waals surface area contributed by atoms with E-state index in [0.717, 1.165) is 43.1 Å². The van der Waals surface area contributed by atoms with E-state index in [4.69, 9.17) is 10.3 Å². The van der Waals surface area contributed by atoms with Gasteiger partial charge in [0.2, 0.25) is 0 Å². The lowest BCUT2D eigenvalue weighted by atomic mass is 10.1. The molecule has 19 heavy (non-hydrogen) atoms. The second-order valence-electron chi connectivity index (χ2n) is 4.95. The number of rotatable bonds is 3. The van der Waals surface area contributed by atoms with Crippen molar-refractivity contribution in [3.05, 3.63) is 35.3 Å². The van der Waals surface area contributed by atoms with E-state index in [1.807, 2.05) is 19.1 Å². The summed E-state index contributed by atoms with van der Waals surface area (Å²) in [5.41, 5.74) is 7.47. The third-order valence-corrected chi connectivity index (χ3v) is 3.45. The minimum Gasteiger partial charge on any atom is -0.382 e. The van der Waals surface area contributed by atoms with E-state index >= 15 is 0 Å². The Morgan fingerprint density at radius 1 is 1.42 bits per heavy atom. The first-order valence-corrected chi connectivity index (χ1v) is 6.48. The maximum Gasteiger partial charge on any atom is 0.150 e. The summed E-state index contributed by atoms with van der Waals surface area (Å²) in [6.45, 7) is 3.73. The maximum atomic E-state index is 5.58. The van der Waals surface area contributed by atoms with Gasteiger partial charge in [0, 0.05) is 6.07 Å². The summed E-state index contributed by atoms with van der Waals surface area (Å²) in [7, 11) is 0. The summed E-state index contributed by atoms with van der Waals surface area (Å²) in [5, 5.41) is 12.1. The smallest absolute Gasteiger partial charge is 0.150 e. The lowest BCUT2D eigenvalue weighted by Crippen LogP contribution is -2.23. The summed E-state index contributed by atoms with van der Waals surface area (Å²) in [6, 6.07) is 6.02. The SMILES string of the molecule is Cc1cc(CN2CCCC2c2ccc(N)nn2)on1. The Kier molecular flexibility index (Phi) is 3.16. The predicted octanol–water partition coefficient (Wildman–Crippen LogP) is 1.69. The van der Waals surface area contributed by atoms with Crippen LogP contribution in [0.1, 0.15) is 36.0 Å². The molecular formula is C13H17N5O. The molecule has 3 rings (SSSR count). The van der Waals surface area contributed by atoms with Gasteiger partial charge in [-0.3, -0.25) is 4.90 Å². The third kappa shape index (κ3) is 2.58. The van der Waals surface area contributed by atoms with Crippen LogP contribution in [0.3, 0.4) is 0 Å². The molecule has 2 aromatic rings. The Morgan fingerprint density at radius 3 is 3.00 bits per heavy atom. The van der Waals surface area contributed by atoms with Crippen LogP contribution in [-0.4, -0.2) is 26.8 Å². The highest BCUT2D eigenvalue weighted by molar-refractivity contribution is 5.26. The van der Waals surface area contributed by atoms with Crippen LogP contribution in [0.5, 0.6) is 0 Å². The number of anilines is 1. The molecule has 6 heteroatoms. The molecular weight excluding hydrogens is 242 g/mol. The van der Waals surface area contributed by atoms with Gasteiger partial charge in [-0.2, -0.15) is 5.10 Å². The lowest BCUT2D eigenvalue weighted by molar-refractivity contribution is 0.213. The van der Waals surface area contributed by atoms with Crippen molar-refractivity contribution in [2.24, 2.45) is 0 Å². The van der Waals surface area contributed by atoms with Crippen molar-refractivity contribution < 1.29 is 4.52 Å². The summed E-state index contributed by atoms with van der Waals surface area (Å²) in [5.74, 6) is 1.35. The van der Waals surface area contributed by atoms with Crippen molar-refractivity contribution in [2.45, 2.75) is 32.4 Å². The van der Waals surface area contributed by atoms with E-state index < -0.39 is 0 Å². The maximum absolute atomic E-state index is 5.58. The van der Waals surface area contributed by atoms with Gasteiger partial charge in [0.05, 0.1) is 24.0 Å². The number of nitrogens with zero attached hydrogens (tertiary/aromatic N) is 4. The van der Waals surface area contributed by atoms with Crippen LogP contribution in [-0.2, 0) is 6.54 Å². The molecule has 0 radical (unpaired) electrons. The van der Waals surface area contributed by atoms with E-state index in [2.05, 4.69) is 20.3 Å². The molecule has 100 valence electrons. The Labute approximate surface area is 111 Å². The number of nitrogens with two attached hydrogens (primary N) is 1. The summed E-state index contributed by atoms with van der Waals surface area (Å²) < 4.78 is 5.28. The summed E-state index contributed by atoms with van der Waals surface area (Å²) >= 11 is 0. The molecule has 1 aliphatic rings. The van der Waals surface area contributed by atoms with Gasteiger partial charge < -0.3 is 10.3 Å². The number of nitrogen functional groups attached to an aromatic ring is 1. The normalized spacial score (nSPS) is 19.9. The summed E-state index contributed by atoms with van der Waals surface area (Å²) in [6.07, 6.45) is 2.25. The number of hydrogen-bond acceptors (Lipinski definition) is 6. The van der Waals surface area contributed by atoms with Crippen LogP contribution in [0.15, 0.2) is 22.7 Å². The van der Waals surface area contributed by atoms with Gasteiger partial charge in [0.25, 0.3) is 0 Å². The molecule has 0 bridgehead atoms. The van der Waals surface area contributed by atoms with Crippen LogP contribution in [0.25, 0.3) is 0 Å². The fraction of sp³-hybridized carbons (Fsp3) is 0.462. The number of hydrogen-bond donors (Lipinski definition) is 1. The van der Waals surface area contributed by atoms with Crippen molar-refractivity contribution in [2.75, 3.05) is 12.3 Å². The quantitative estimate of drug-likeness (QED) is 0.903. The van der Waals surface area contributed by atoms with Crippen molar-refractivity contribution >= 4 is 5.82 Å². The van der Waals surface area contributed by atoms with Gasteiger partial charge in [-0.1, -0.05) is 5.16 Å². The van der Waals surface area contributed by atoms with E-state index in [0.29, 0.717) is 11.9 Å². The molecule has 0 saturated carbocycles. The first-order chi connectivity index (χ1) is 9.22. The first kappa shape index (κ1) is 12.1. The molecule has 1 unspecified atom stereocenters. The van der Waals surface area contributed by atoms with E-state index in [9.17, 15) is 0 Å². The van der Waals surface area contributed by atoms with Crippen LogP contribution < -0.4 is 5.73 Å². The minimum atomic E-state index is 0.290. The highest BCUT2D eigenvalue weighted by atomic mass is 16.5. The number of aryl methyl sites for hydroxylation is 1. The van der Waals surface area contributed by atoms with E-state index in [1.165, 1.54) is 0 Å². The second-order valence-corrected chi connectivity index (χ2v) is 4.95. The van der Waals surface area contributed by atoms with Gasteiger partial charge in [-0.15, -0.1) is 5.10 Å². The molecule has 0 spiro atoms. The Balaban J connectivity index is 1.76. The minimum absolute atomic E-state index is 0.290. The highest BCUT2D eigenvalue weighted by Crippen LogP contribution is 2.31. The van der Waals surface area contributed by atoms with E-state index in [-0.39, 0.29) is 0 Å². The molecule has 1 aliphatic heterocycles. The van der Waals surface area contributed by atoms with Crippen molar-refractivity contribution in [1.29, 1.82) is 0 Å². The van der Waals surface area contributed by atoms with Crippen molar-refractivity contribution in [1.82, 2.24) is 20.3 Å². The molecule has 0 aromatic carbocycles. The Hall–Kier alpha value is -1.95. The first-order valence-electron chi connectivity index (χ1n) is 6.48. The molecule has 1 fully saturated rings. The summed E-state index contributed by atoms with van der Waals surface area (Å²) in [4.78, 5) is 2.35. The van der Waals surface area contributed by atoms with Crippen LogP contribution in [0.2, 0.25) is 0 Å². The van der Waals surface area contributed by atoms with Gasteiger partial charge in [-0.25, -0.2) is 0 Å². The molecule has 2 N–H and O–H groups in total. The Morgan fingerprint density at radius 2 is 2.32 bits per heavy atom. The molecule has 1 saturated heterocycles. The van der Waals surface area contributed by atoms with Crippen LogP contribution in [0, 0.1) is 6.92 Å². The van der Waals surface area contributed by atoms with Crippen molar-refractivity contribution in [3.63, 3.8) is 0 Å². The number of likely N-dealkylation sites (tertiary alicyclic amines) is 1. The van der Waals surface area contributed by atoms with Crippen LogP contribution >= 0.6 is 0 Å². The number of aromatic nitrogens is 3. The standard InChI is InChI=1S/C13H17N5O/c1-9-7-10(19-17-9)8-18-6-2-3-12(18)11-4-5-13(14)16-15-11/h4-5,7,12H,2-3,6,8H2,1H3,(H2,14,16). The van der Waals surface area contributed by atoms with Crippen molar-refractivity contribution in [3.8, 4) is 0 Å².